The zero-order valence-corrected chi connectivity index (χ0v) is 10.9. The molecule has 1 unspecified atom stereocenters. The predicted molar refractivity (Wildman–Crippen MR) is 76.7 cm³/mol. The maximum Gasteiger partial charge on any atom is 0.150 e. The lowest BCUT2D eigenvalue weighted by Gasteiger charge is -2.16. The van der Waals surface area contributed by atoms with Crippen LogP contribution in [-0.4, -0.2) is 15.2 Å². The van der Waals surface area contributed by atoms with E-state index in [4.69, 9.17) is 5.73 Å². The van der Waals surface area contributed by atoms with Gasteiger partial charge in [-0.1, -0.05) is 0 Å². The summed E-state index contributed by atoms with van der Waals surface area (Å²) in [5.41, 5.74) is 8.02. The molecule has 1 aromatic carbocycles. The van der Waals surface area contributed by atoms with E-state index in [9.17, 15) is 4.39 Å². The Morgan fingerprint density at radius 3 is 3.05 bits per heavy atom. The molecule has 0 bridgehead atoms. The summed E-state index contributed by atoms with van der Waals surface area (Å²) >= 11 is 0. The van der Waals surface area contributed by atoms with Crippen molar-refractivity contribution in [3.8, 4) is 0 Å². The van der Waals surface area contributed by atoms with Gasteiger partial charge in [0.2, 0.25) is 0 Å². The summed E-state index contributed by atoms with van der Waals surface area (Å²) in [6, 6.07) is 4.82. The number of halogens is 1. The summed E-state index contributed by atoms with van der Waals surface area (Å²) in [7, 11) is 0. The highest BCUT2D eigenvalue weighted by atomic mass is 19.1. The van der Waals surface area contributed by atoms with Crippen molar-refractivity contribution in [1.29, 1.82) is 0 Å². The first kappa shape index (κ1) is 12.4. The van der Waals surface area contributed by atoms with E-state index in [1.54, 1.807) is 24.7 Å². The van der Waals surface area contributed by atoms with Crippen LogP contribution < -0.4 is 11.1 Å². The van der Waals surface area contributed by atoms with Crippen LogP contribution in [0.5, 0.6) is 0 Å². The molecule has 3 aromatic rings. The average Bonchev–Trinajstić information content (AvgIpc) is 2.97. The van der Waals surface area contributed by atoms with Crippen molar-refractivity contribution in [2.45, 2.75) is 13.0 Å². The molecular formula is C14H14FN5. The number of aromatic nitrogens is 3. The third-order valence-corrected chi connectivity index (χ3v) is 3.26. The summed E-state index contributed by atoms with van der Waals surface area (Å²) in [6.45, 7) is 1.93. The summed E-state index contributed by atoms with van der Waals surface area (Å²) in [4.78, 5) is 4.23. The van der Waals surface area contributed by atoms with Gasteiger partial charge in [0.25, 0.3) is 0 Å². The largest absolute Gasteiger partial charge is 0.398 e. The first-order valence-electron chi connectivity index (χ1n) is 6.24. The number of aromatic amines is 1. The molecule has 6 heteroatoms. The van der Waals surface area contributed by atoms with E-state index in [0.29, 0.717) is 16.9 Å². The van der Waals surface area contributed by atoms with Crippen LogP contribution in [0, 0.1) is 5.82 Å². The maximum absolute atomic E-state index is 14.2. The highest BCUT2D eigenvalue weighted by molar-refractivity contribution is 5.98. The number of hydrogen-bond acceptors (Lipinski definition) is 4. The normalized spacial score (nSPS) is 12.5. The second-order valence-corrected chi connectivity index (χ2v) is 4.62. The molecule has 0 saturated carbocycles. The van der Waals surface area contributed by atoms with Crippen molar-refractivity contribution in [3.05, 3.63) is 48.2 Å². The van der Waals surface area contributed by atoms with Gasteiger partial charge in [0, 0.05) is 29.0 Å². The van der Waals surface area contributed by atoms with Crippen LogP contribution in [0.1, 0.15) is 18.5 Å². The lowest BCUT2D eigenvalue weighted by Crippen LogP contribution is -2.09. The molecule has 0 aliphatic heterocycles. The second kappa shape index (κ2) is 4.80. The van der Waals surface area contributed by atoms with E-state index < -0.39 is 5.82 Å². The van der Waals surface area contributed by atoms with Crippen LogP contribution in [0.3, 0.4) is 0 Å². The van der Waals surface area contributed by atoms with Crippen molar-refractivity contribution in [2.75, 3.05) is 11.1 Å². The van der Waals surface area contributed by atoms with E-state index in [1.807, 2.05) is 13.0 Å². The van der Waals surface area contributed by atoms with Gasteiger partial charge < -0.3 is 11.1 Å². The predicted octanol–water partition coefficient (Wildman–Crippen LogP) is 2.85. The van der Waals surface area contributed by atoms with Crippen LogP contribution in [0.15, 0.2) is 36.8 Å². The van der Waals surface area contributed by atoms with E-state index in [1.165, 1.54) is 6.07 Å². The van der Waals surface area contributed by atoms with Gasteiger partial charge >= 0.3 is 0 Å². The standard InChI is InChI=1S/C14H14FN5/c1-8(9-6-18-19-7-9)20-14-11(15)5-12(16)10-3-2-4-17-13(10)14/h2-8,20H,16H2,1H3,(H,18,19). The minimum atomic E-state index is -0.413. The number of benzene rings is 1. The SMILES string of the molecule is CC(Nc1c(F)cc(N)c2cccnc12)c1cn[nH]c1. The molecule has 0 aliphatic carbocycles. The molecule has 102 valence electrons. The number of nitrogens with one attached hydrogen (secondary N) is 2. The highest BCUT2D eigenvalue weighted by Crippen LogP contribution is 2.31. The molecule has 2 aromatic heterocycles. The fraction of sp³-hybridized carbons (Fsp3) is 0.143. The second-order valence-electron chi connectivity index (χ2n) is 4.62. The maximum atomic E-state index is 14.2. The molecule has 0 saturated heterocycles. The summed E-state index contributed by atoms with van der Waals surface area (Å²) < 4.78 is 14.2. The van der Waals surface area contributed by atoms with E-state index >= 15 is 0 Å². The Morgan fingerprint density at radius 1 is 1.45 bits per heavy atom. The average molecular weight is 271 g/mol. The minimum Gasteiger partial charge on any atom is -0.398 e. The summed E-state index contributed by atoms with van der Waals surface area (Å²) in [6.07, 6.45) is 5.08. The van der Waals surface area contributed by atoms with E-state index in [-0.39, 0.29) is 6.04 Å². The number of anilines is 2. The zero-order chi connectivity index (χ0) is 14.1. The molecule has 20 heavy (non-hydrogen) atoms. The molecule has 0 radical (unpaired) electrons. The Kier molecular flexibility index (Phi) is 2.98. The van der Waals surface area contributed by atoms with Crippen LogP contribution in [0.2, 0.25) is 0 Å². The lowest BCUT2D eigenvalue weighted by molar-refractivity contribution is 0.629. The molecule has 0 amide bonds. The quantitative estimate of drug-likeness (QED) is 0.640. The first-order chi connectivity index (χ1) is 9.66. The molecule has 3 rings (SSSR count). The number of hydrogen-bond donors (Lipinski definition) is 3. The third kappa shape index (κ3) is 2.05. The number of H-pyrrole nitrogens is 1. The van der Waals surface area contributed by atoms with Crippen LogP contribution in [0.4, 0.5) is 15.8 Å². The number of nitrogens with zero attached hydrogens (tertiary/aromatic N) is 2. The smallest absolute Gasteiger partial charge is 0.150 e. The summed E-state index contributed by atoms with van der Waals surface area (Å²) in [5, 5.41) is 10.5. The third-order valence-electron chi connectivity index (χ3n) is 3.26. The van der Waals surface area contributed by atoms with Crippen molar-refractivity contribution >= 4 is 22.3 Å². The summed E-state index contributed by atoms with van der Waals surface area (Å²) in [5.74, 6) is -0.413. The fourth-order valence-corrected chi connectivity index (χ4v) is 2.17. The number of rotatable bonds is 3. The Morgan fingerprint density at radius 2 is 2.30 bits per heavy atom. The molecule has 4 N–H and O–H groups in total. The Labute approximate surface area is 115 Å². The first-order valence-corrected chi connectivity index (χ1v) is 6.24. The van der Waals surface area contributed by atoms with Gasteiger partial charge in [0.05, 0.1) is 23.4 Å². The number of pyridine rings is 1. The molecule has 2 heterocycles. The van der Waals surface area contributed by atoms with E-state index in [0.717, 1.165) is 10.9 Å². The highest BCUT2D eigenvalue weighted by Gasteiger charge is 2.15. The Hall–Kier alpha value is -2.63. The van der Waals surface area contributed by atoms with Gasteiger partial charge in [-0.15, -0.1) is 0 Å². The Bertz CT molecular complexity index is 739. The van der Waals surface area contributed by atoms with Gasteiger partial charge in [-0.25, -0.2) is 4.39 Å². The van der Waals surface area contributed by atoms with Gasteiger partial charge in [0.1, 0.15) is 0 Å². The molecular weight excluding hydrogens is 257 g/mol. The van der Waals surface area contributed by atoms with Crippen LogP contribution >= 0.6 is 0 Å². The minimum absolute atomic E-state index is 0.0999. The van der Waals surface area contributed by atoms with Crippen molar-refractivity contribution in [2.24, 2.45) is 0 Å². The van der Waals surface area contributed by atoms with Crippen molar-refractivity contribution in [1.82, 2.24) is 15.2 Å². The van der Waals surface area contributed by atoms with Gasteiger partial charge in [-0.2, -0.15) is 5.10 Å². The molecule has 0 fully saturated rings. The monoisotopic (exact) mass is 271 g/mol. The van der Waals surface area contributed by atoms with Gasteiger partial charge in [-0.3, -0.25) is 10.1 Å². The van der Waals surface area contributed by atoms with E-state index in [2.05, 4.69) is 20.5 Å². The fourth-order valence-electron chi connectivity index (χ4n) is 2.17. The molecule has 0 aliphatic rings. The Balaban J connectivity index is 2.07. The topological polar surface area (TPSA) is 79.6 Å². The zero-order valence-electron chi connectivity index (χ0n) is 10.9. The molecule has 1 atom stereocenters. The number of nitrogens with two attached hydrogens (primary N) is 1. The van der Waals surface area contributed by atoms with Gasteiger partial charge in [-0.05, 0) is 25.1 Å². The van der Waals surface area contributed by atoms with Crippen LogP contribution in [-0.2, 0) is 0 Å². The van der Waals surface area contributed by atoms with Gasteiger partial charge in [0.15, 0.2) is 5.82 Å². The van der Waals surface area contributed by atoms with Crippen molar-refractivity contribution < 1.29 is 4.39 Å². The van der Waals surface area contributed by atoms with Crippen molar-refractivity contribution in [3.63, 3.8) is 0 Å². The molecule has 5 nitrogen and oxygen atoms in total. The lowest BCUT2D eigenvalue weighted by atomic mass is 10.1. The van der Waals surface area contributed by atoms with Crippen LogP contribution in [0.25, 0.3) is 10.9 Å². The number of fused-ring (bicyclic) bond motifs is 1. The molecule has 0 spiro atoms. The number of nitrogen functional groups attached to an aromatic ring is 1.